The van der Waals surface area contributed by atoms with Crippen LogP contribution in [0.4, 0.5) is 0 Å². The average Bonchev–Trinajstić information content (AvgIpc) is 3.20. The third-order valence-electron chi connectivity index (χ3n) is 6.02. The summed E-state index contributed by atoms with van der Waals surface area (Å²) in [6, 6.07) is 13.8. The van der Waals surface area contributed by atoms with E-state index in [1.807, 2.05) is 65.3 Å². The second-order valence-corrected chi connectivity index (χ2v) is 8.41. The maximum Gasteiger partial charge on any atom is 0.237 e. The van der Waals surface area contributed by atoms with E-state index in [1.54, 1.807) is 7.11 Å². The van der Waals surface area contributed by atoms with Gasteiger partial charge in [0.25, 0.3) is 0 Å². The van der Waals surface area contributed by atoms with Gasteiger partial charge in [0, 0.05) is 50.6 Å². The Hall–Kier alpha value is -3.52. The Morgan fingerprint density at radius 3 is 2.70 bits per heavy atom. The number of rotatable bonds is 6. The lowest BCUT2D eigenvalue weighted by Crippen LogP contribution is -2.49. The highest BCUT2D eigenvalue weighted by Gasteiger charge is 2.26. The zero-order valence-electron chi connectivity index (χ0n) is 19.0. The first-order valence-electron chi connectivity index (χ1n) is 11.1. The molecule has 172 valence electrons. The summed E-state index contributed by atoms with van der Waals surface area (Å²) in [5.41, 5.74) is 4.05. The van der Waals surface area contributed by atoms with Crippen LogP contribution in [0.25, 0.3) is 11.3 Å². The fourth-order valence-electron chi connectivity index (χ4n) is 4.38. The molecule has 0 bridgehead atoms. The smallest absolute Gasteiger partial charge is 0.237 e. The summed E-state index contributed by atoms with van der Waals surface area (Å²) in [5.74, 6) is 2.45. The van der Waals surface area contributed by atoms with Crippen LogP contribution >= 0.6 is 0 Å². The minimum absolute atomic E-state index is 0.133. The summed E-state index contributed by atoms with van der Waals surface area (Å²) in [5, 5.41) is 4.69. The Kier molecular flexibility index (Phi) is 5.92. The van der Waals surface area contributed by atoms with Crippen LogP contribution in [0.5, 0.6) is 17.2 Å². The number of hydrogen-bond acceptors (Lipinski definition) is 6. The maximum absolute atomic E-state index is 12.9. The number of hydrogen-bond donors (Lipinski definition) is 0. The van der Waals surface area contributed by atoms with Crippen molar-refractivity contribution in [2.24, 2.45) is 7.05 Å². The van der Waals surface area contributed by atoms with Gasteiger partial charge >= 0.3 is 0 Å². The summed E-state index contributed by atoms with van der Waals surface area (Å²) in [6.07, 6.45) is 2.03. The monoisotopic (exact) mass is 448 g/mol. The van der Waals surface area contributed by atoms with Crippen molar-refractivity contribution in [3.8, 4) is 28.5 Å². The van der Waals surface area contributed by atoms with Crippen molar-refractivity contribution in [1.82, 2.24) is 19.6 Å². The predicted octanol–water partition coefficient (Wildman–Crippen LogP) is 2.71. The molecule has 0 radical (unpaired) electrons. The zero-order chi connectivity index (χ0) is 22.8. The van der Waals surface area contributed by atoms with E-state index in [1.165, 1.54) is 0 Å². The molecule has 0 saturated carbocycles. The number of carbonyl (C=O) groups excluding carboxylic acids is 1. The lowest BCUT2D eigenvalue weighted by Gasteiger charge is -2.34. The van der Waals surface area contributed by atoms with Gasteiger partial charge in [-0.15, -0.1) is 0 Å². The number of piperazine rings is 1. The highest BCUT2D eigenvalue weighted by Crippen LogP contribution is 2.35. The summed E-state index contributed by atoms with van der Waals surface area (Å²) in [4.78, 5) is 17.0. The van der Waals surface area contributed by atoms with Gasteiger partial charge in [0.05, 0.1) is 19.3 Å². The molecule has 0 aliphatic carbocycles. The van der Waals surface area contributed by atoms with Gasteiger partial charge in [-0.3, -0.25) is 14.4 Å². The normalized spacial score (nSPS) is 16.2. The molecule has 3 heterocycles. The van der Waals surface area contributed by atoms with E-state index in [-0.39, 0.29) is 5.91 Å². The van der Waals surface area contributed by atoms with E-state index >= 15 is 0 Å². The average molecular weight is 449 g/mol. The first-order valence-corrected chi connectivity index (χ1v) is 11.1. The van der Waals surface area contributed by atoms with Gasteiger partial charge in [0.2, 0.25) is 5.91 Å². The first kappa shape index (κ1) is 21.3. The molecule has 2 aromatic carbocycles. The highest BCUT2D eigenvalue weighted by atomic mass is 16.6. The van der Waals surface area contributed by atoms with Crippen LogP contribution in [0.1, 0.15) is 11.1 Å². The number of amides is 1. The van der Waals surface area contributed by atoms with Crippen LogP contribution in [-0.2, 0) is 24.9 Å². The lowest BCUT2D eigenvalue weighted by molar-refractivity contribution is -0.136. The molecular weight excluding hydrogens is 420 g/mol. The van der Waals surface area contributed by atoms with E-state index in [9.17, 15) is 4.79 Å². The van der Waals surface area contributed by atoms with Gasteiger partial charge in [-0.05, 0) is 35.9 Å². The maximum atomic E-state index is 12.9. The molecule has 1 fully saturated rings. The largest absolute Gasteiger partial charge is 0.497 e. The van der Waals surface area contributed by atoms with Gasteiger partial charge < -0.3 is 19.1 Å². The standard InChI is InChI=1S/C25H28N4O4/c1-27-15-20(25(26-27)19-6-7-22-23(13-19)33-11-10-32-22)16-28-8-9-29(24(30)17-28)14-18-4-3-5-21(12-18)31-2/h3-7,12-13,15H,8-11,14,16-17H2,1-2H3. The topological polar surface area (TPSA) is 69.1 Å². The number of aryl methyl sites for hydroxylation is 1. The fraction of sp³-hybridized carbons (Fsp3) is 0.360. The van der Waals surface area contributed by atoms with Crippen molar-refractivity contribution >= 4 is 5.91 Å². The van der Waals surface area contributed by atoms with Crippen LogP contribution in [0, 0.1) is 0 Å². The van der Waals surface area contributed by atoms with Crippen molar-refractivity contribution in [2.45, 2.75) is 13.1 Å². The first-order chi connectivity index (χ1) is 16.1. The van der Waals surface area contributed by atoms with Gasteiger partial charge in [0.15, 0.2) is 11.5 Å². The SMILES string of the molecule is COc1cccc(CN2CCN(Cc3cn(C)nc3-c3ccc4c(c3)OCCO4)CC2=O)c1. The second-order valence-electron chi connectivity index (χ2n) is 8.41. The minimum atomic E-state index is 0.133. The Morgan fingerprint density at radius 1 is 1.03 bits per heavy atom. The molecule has 1 amide bonds. The Labute approximate surface area is 193 Å². The number of ether oxygens (including phenoxy) is 3. The van der Waals surface area contributed by atoms with Crippen LogP contribution in [0.15, 0.2) is 48.7 Å². The van der Waals surface area contributed by atoms with Crippen LogP contribution in [0.2, 0.25) is 0 Å². The minimum Gasteiger partial charge on any atom is -0.497 e. The number of carbonyl (C=O) groups is 1. The summed E-state index contributed by atoms with van der Waals surface area (Å²) in [7, 11) is 3.57. The molecule has 3 aromatic rings. The van der Waals surface area contributed by atoms with Crippen molar-refractivity contribution in [1.29, 1.82) is 0 Å². The molecule has 2 aliphatic heterocycles. The molecule has 8 nitrogen and oxygen atoms in total. The number of methoxy groups -OCH3 is 1. The van der Waals surface area contributed by atoms with Gasteiger partial charge in [-0.25, -0.2) is 0 Å². The van der Waals surface area contributed by atoms with Gasteiger partial charge in [-0.2, -0.15) is 5.10 Å². The Bertz CT molecular complexity index is 1160. The predicted molar refractivity (Wildman–Crippen MR) is 123 cm³/mol. The Morgan fingerprint density at radius 2 is 1.88 bits per heavy atom. The van der Waals surface area contributed by atoms with E-state index in [2.05, 4.69) is 10.00 Å². The molecule has 8 heteroatoms. The molecule has 0 atom stereocenters. The van der Waals surface area contributed by atoms with Crippen LogP contribution in [0.3, 0.4) is 0 Å². The summed E-state index contributed by atoms with van der Waals surface area (Å²) < 4.78 is 18.5. The quantitative estimate of drug-likeness (QED) is 0.578. The molecule has 0 N–H and O–H groups in total. The molecule has 33 heavy (non-hydrogen) atoms. The third kappa shape index (κ3) is 4.66. The van der Waals surface area contributed by atoms with Crippen molar-refractivity contribution in [3.63, 3.8) is 0 Å². The summed E-state index contributed by atoms with van der Waals surface area (Å²) >= 11 is 0. The van der Waals surface area contributed by atoms with Crippen molar-refractivity contribution < 1.29 is 19.0 Å². The van der Waals surface area contributed by atoms with E-state index < -0.39 is 0 Å². The molecule has 0 unspecified atom stereocenters. The number of benzene rings is 2. The van der Waals surface area contributed by atoms with Crippen LogP contribution in [-0.4, -0.2) is 65.4 Å². The summed E-state index contributed by atoms with van der Waals surface area (Å²) in [6.45, 7) is 4.27. The number of aromatic nitrogens is 2. The van der Waals surface area contributed by atoms with Crippen molar-refractivity contribution in [3.05, 3.63) is 59.8 Å². The molecular formula is C25H28N4O4. The molecule has 2 aliphatic rings. The highest BCUT2D eigenvalue weighted by molar-refractivity contribution is 5.79. The molecule has 5 rings (SSSR count). The fourth-order valence-corrected chi connectivity index (χ4v) is 4.38. The van der Waals surface area contributed by atoms with Gasteiger partial charge in [-0.1, -0.05) is 12.1 Å². The zero-order valence-corrected chi connectivity index (χ0v) is 19.0. The van der Waals surface area contributed by atoms with Gasteiger partial charge in [0.1, 0.15) is 19.0 Å². The van der Waals surface area contributed by atoms with E-state index in [4.69, 9.17) is 14.2 Å². The van der Waals surface area contributed by atoms with Crippen LogP contribution < -0.4 is 14.2 Å². The number of nitrogens with zero attached hydrogens (tertiary/aromatic N) is 4. The molecule has 0 spiro atoms. The third-order valence-corrected chi connectivity index (χ3v) is 6.02. The second kappa shape index (κ2) is 9.15. The number of fused-ring (bicyclic) bond motifs is 1. The van der Waals surface area contributed by atoms with E-state index in [0.29, 0.717) is 39.4 Å². The lowest BCUT2D eigenvalue weighted by atomic mass is 10.1. The van der Waals surface area contributed by atoms with E-state index in [0.717, 1.165) is 46.2 Å². The molecule has 1 aromatic heterocycles. The Balaban J connectivity index is 1.27. The molecule has 1 saturated heterocycles. The van der Waals surface area contributed by atoms with Crippen molar-refractivity contribution in [2.75, 3.05) is 40.0 Å².